The SMILES string of the molecule is CC(C)(C)N1CC2CCCN(C(C)(C)C)C2C1. The van der Waals surface area contributed by atoms with Gasteiger partial charge in [0.1, 0.15) is 0 Å². The van der Waals surface area contributed by atoms with Crippen LogP contribution in [-0.2, 0) is 0 Å². The minimum atomic E-state index is 0.331. The predicted octanol–water partition coefficient (Wildman–Crippen LogP) is 2.98. The van der Waals surface area contributed by atoms with Gasteiger partial charge < -0.3 is 0 Å². The van der Waals surface area contributed by atoms with Crippen LogP contribution in [0.3, 0.4) is 0 Å². The Balaban J connectivity index is 2.12. The molecular weight excluding hydrogens is 208 g/mol. The minimum Gasteiger partial charge on any atom is -0.297 e. The topological polar surface area (TPSA) is 6.48 Å². The molecule has 0 aliphatic carbocycles. The van der Waals surface area contributed by atoms with Crippen molar-refractivity contribution in [3.8, 4) is 0 Å². The van der Waals surface area contributed by atoms with E-state index < -0.39 is 0 Å². The lowest BCUT2D eigenvalue weighted by Gasteiger charge is -2.45. The summed E-state index contributed by atoms with van der Waals surface area (Å²) in [6.07, 6.45) is 2.82. The molecule has 0 bridgehead atoms. The van der Waals surface area contributed by atoms with Crippen LogP contribution in [0.25, 0.3) is 0 Å². The summed E-state index contributed by atoms with van der Waals surface area (Å²) in [4.78, 5) is 5.44. The van der Waals surface area contributed by atoms with E-state index in [-0.39, 0.29) is 0 Å². The van der Waals surface area contributed by atoms with Crippen LogP contribution < -0.4 is 0 Å². The van der Waals surface area contributed by atoms with Gasteiger partial charge in [-0.25, -0.2) is 0 Å². The zero-order valence-electron chi connectivity index (χ0n) is 12.6. The van der Waals surface area contributed by atoms with Crippen molar-refractivity contribution in [1.29, 1.82) is 0 Å². The molecule has 0 spiro atoms. The smallest absolute Gasteiger partial charge is 0.0268 e. The normalized spacial score (nSPS) is 32.8. The molecule has 2 atom stereocenters. The van der Waals surface area contributed by atoms with Crippen LogP contribution in [0.1, 0.15) is 54.4 Å². The van der Waals surface area contributed by atoms with Crippen LogP contribution in [-0.4, -0.2) is 46.6 Å². The first-order valence-corrected chi connectivity index (χ1v) is 7.21. The van der Waals surface area contributed by atoms with Gasteiger partial charge in [-0.1, -0.05) is 0 Å². The monoisotopic (exact) mass is 238 g/mol. The second-order valence-corrected chi connectivity index (χ2v) is 7.91. The lowest BCUT2D eigenvalue weighted by Crippen LogP contribution is -2.54. The van der Waals surface area contributed by atoms with Crippen molar-refractivity contribution >= 4 is 0 Å². The second kappa shape index (κ2) is 4.24. The highest BCUT2D eigenvalue weighted by Gasteiger charge is 2.44. The first kappa shape index (κ1) is 13.4. The summed E-state index contributed by atoms with van der Waals surface area (Å²) in [5.74, 6) is 0.905. The van der Waals surface area contributed by atoms with Crippen LogP contribution in [0.5, 0.6) is 0 Å². The Hall–Kier alpha value is -0.0800. The Morgan fingerprint density at radius 1 is 0.882 bits per heavy atom. The molecule has 2 saturated heterocycles. The van der Waals surface area contributed by atoms with Gasteiger partial charge in [-0.05, 0) is 66.8 Å². The molecule has 2 heteroatoms. The second-order valence-electron chi connectivity index (χ2n) is 7.91. The summed E-state index contributed by atoms with van der Waals surface area (Å²) in [5, 5.41) is 0. The molecule has 2 aliphatic heterocycles. The Morgan fingerprint density at radius 3 is 2.06 bits per heavy atom. The highest BCUT2D eigenvalue weighted by molar-refractivity contribution is 5.00. The zero-order valence-corrected chi connectivity index (χ0v) is 12.6. The minimum absolute atomic E-state index is 0.331. The Kier molecular flexibility index (Phi) is 3.33. The molecule has 17 heavy (non-hydrogen) atoms. The molecular formula is C15H30N2. The van der Waals surface area contributed by atoms with E-state index in [1.807, 2.05) is 0 Å². The van der Waals surface area contributed by atoms with E-state index in [0.717, 1.165) is 12.0 Å². The van der Waals surface area contributed by atoms with Gasteiger partial charge in [-0.2, -0.15) is 0 Å². The highest BCUT2D eigenvalue weighted by atomic mass is 15.3. The van der Waals surface area contributed by atoms with E-state index >= 15 is 0 Å². The van der Waals surface area contributed by atoms with E-state index in [1.165, 1.54) is 32.5 Å². The Morgan fingerprint density at radius 2 is 1.53 bits per heavy atom. The third-order valence-electron chi connectivity index (χ3n) is 4.59. The summed E-state index contributed by atoms with van der Waals surface area (Å²) < 4.78 is 0. The van der Waals surface area contributed by atoms with Gasteiger partial charge in [0.25, 0.3) is 0 Å². The first-order valence-electron chi connectivity index (χ1n) is 7.21. The van der Waals surface area contributed by atoms with E-state index in [2.05, 4.69) is 51.3 Å². The molecule has 0 saturated carbocycles. The zero-order chi connectivity index (χ0) is 12.8. The molecule has 0 amide bonds. The van der Waals surface area contributed by atoms with Gasteiger partial charge in [0.2, 0.25) is 0 Å². The van der Waals surface area contributed by atoms with Gasteiger partial charge in [0, 0.05) is 30.2 Å². The maximum atomic E-state index is 2.76. The van der Waals surface area contributed by atoms with E-state index in [9.17, 15) is 0 Å². The van der Waals surface area contributed by atoms with Crippen LogP contribution >= 0.6 is 0 Å². The lowest BCUT2D eigenvalue weighted by molar-refractivity contribution is 0.0348. The number of piperidine rings is 1. The van der Waals surface area contributed by atoms with E-state index in [1.54, 1.807) is 0 Å². The van der Waals surface area contributed by atoms with Crippen LogP contribution in [0.2, 0.25) is 0 Å². The summed E-state index contributed by atoms with van der Waals surface area (Å²) in [5.41, 5.74) is 0.665. The standard InChI is InChI=1S/C15H30N2/c1-14(2,3)16-10-12-8-7-9-17(13(12)11-16)15(4,5)6/h12-13H,7-11H2,1-6H3. The Labute approximate surface area is 107 Å². The quantitative estimate of drug-likeness (QED) is 0.640. The third kappa shape index (κ3) is 2.68. The molecule has 2 nitrogen and oxygen atoms in total. The molecule has 0 aromatic carbocycles. The molecule has 0 aromatic heterocycles. The van der Waals surface area contributed by atoms with Crippen molar-refractivity contribution in [2.45, 2.75) is 71.5 Å². The van der Waals surface area contributed by atoms with Crippen LogP contribution in [0.4, 0.5) is 0 Å². The third-order valence-corrected chi connectivity index (χ3v) is 4.59. The number of nitrogens with zero attached hydrogens (tertiary/aromatic N) is 2. The first-order chi connectivity index (χ1) is 7.69. The molecule has 2 fully saturated rings. The van der Waals surface area contributed by atoms with Gasteiger partial charge in [-0.15, -0.1) is 0 Å². The number of fused-ring (bicyclic) bond motifs is 1. The average molecular weight is 238 g/mol. The van der Waals surface area contributed by atoms with Gasteiger partial charge in [0.15, 0.2) is 0 Å². The molecule has 2 aliphatic rings. The Bertz CT molecular complexity index is 272. The fourth-order valence-corrected chi connectivity index (χ4v) is 3.56. The molecule has 0 aromatic rings. The fourth-order valence-electron chi connectivity index (χ4n) is 3.56. The van der Waals surface area contributed by atoms with Gasteiger partial charge in [-0.3, -0.25) is 9.80 Å². The molecule has 2 unspecified atom stereocenters. The predicted molar refractivity (Wildman–Crippen MR) is 74.3 cm³/mol. The van der Waals surface area contributed by atoms with Gasteiger partial charge >= 0.3 is 0 Å². The summed E-state index contributed by atoms with van der Waals surface area (Å²) in [6.45, 7) is 18.0. The summed E-state index contributed by atoms with van der Waals surface area (Å²) in [6, 6.07) is 0.794. The van der Waals surface area contributed by atoms with Crippen LogP contribution in [0, 0.1) is 5.92 Å². The van der Waals surface area contributed by atoms with E-state index in [4.69, 9.17) is 0 Å². The highest BCUT2D eigenvalue weighted by Crippen LogP contribution is 2.37. The largest absolute Gasteiger partial charge is 0.297 e. The number of hydrogen-bond acceptors (Lipinski definition) is 2. The number of rotatable bonds is 0. The van der Waals surface area contributed by atoms with Crippen molar-refractivity contribution in [1.82, 2.24) is 9.80 Å². The van der Waals surface area contributed by atoms with Gasteiger partial charge in [0.05, 0.1) is 0 Å². The van der Waals surface area contributed by atoms with Crippen molar-refractivity contribution in [3.63, 3.8) is 0 Å². The molecule has 0 N–H and O–H groups in total. The lowest BCUT2D eigenvalue weighted by atomic mass is 9.88. The molecule has 100 valence electrons. The number of hydrogen-bond donors (Lipinski definition) is 0. The fraction of sp³-hybridized carbons (Fsp3) is 1.00. The number of likely N-dealkylation sites (tertiary alicyclic amines) is 2. The summed E-state index contributed by atoms with van der Waals surface area (Å²) in [7, 11) is 0. The average Bonchev–Trinajstić information content (AvgIpc) is 2.57. The maximum Gasteiger partial charge on any atom is 0.0268 e. The van der Waals surface area contributed by atoms with Crippen LogP contribution in [0.15, 0.2) is 0 Å². The maximum absolute atomic E-state index is 2.76. The summed E-state index contributed by atoms with van der Waals surface area (Å²) >= 11 is 0. The molecule has 2 heterocycles. The van der Waals surface area contributed by atoms with Crippen molar-refractivity contribution in [2.75, 3.05) is 19.6 Å². The van der Waals surface area contributed by atoms with Crippen molar-refractivity contribution in [2.24, 2.45) is 5.92 Å². The molecule has 2 rings (SSSR count). The van der Waals surface area contributed by atoms with E-state index in [0.29, 0.717) is 11.1 Å². The van der Waals surface area contributed by atoms with Crippen molar-refractivity contribution in [3.05, 3.63) is 0 Å². The molecule has 0 radical (unpaired) electrons. The van der Waals surface area contributed by atoms with Crippen molar-refractivity contribution < 1.29 is 0 Å².